The molecule has 0 saturated carbocycles. The van der Waals surface area contributed by atoms with E-state index < -0.39 is 25.8 Å². The topological polar surface area (TPSA) is 88.5 Å². The van der Waals surface area contributed by atoms with E-state index in [1.54, 1.807) is 0 Å². The third kappa shape index (κ3) is 4.48. The monoisotopic (exact) mass is 256 g/mol. The minimum absolute atomic E-state index is 0.0159. The van der Waals surface area contributed by atoms with Crippen LogP contribution in [-0.4, -0.2) is 51.6 Å². The van der Waals surface area contributed by atoms with Gasteiger partial charge in [0.25, 0.3) is 0 Å². The Balaban J connectivity index is 2.46. The summed E-state index contributed by atoms with van der Waals surface area (Å²) in [5.41, 5.74) is 0. The molecule has 0 aliphatic carbocycles. The highest BCUT2D eigenvalue weighted by Gasteiger charge is 2.32. The number of hydrogen-bond donors (Lipinski definition) is 1. The Kier molecular flexibility index (Phi) is 3.78. The van der Waals surface area contributed by atoms with Crippen molar-refractivity contribution in [3.8, 4) is 0 Å². The van der Waals surface area contributed by atoms with E-state index in [4.69, 9.17) is 0 Å². The maximum Gasteiger partial charge on any atom is 0.150 e. The molecule has 0 bridgehead atoms. The zero-order valence-corrected chi connectivity index (χ0v) is 10.2. The first-order chi connectivity index (χ1) is 6.70. The molecule has 1 aliphatic rings. The molecule has 0 aromatic rings. The van der Waals surface area contributed by atoms with Crippen LogP contribution in [0.3, 0.4) is 0 Å². The molecule has 1 fully saturated rings. The summed E-state index contributed by atoms with van der Waals surface area (Å²) in [6.07, 6.45) is 0.842. The van der Waals surface area contributed by atoms with E-state index in [-0.39, 0.29) is 29.6 Å². The second kappa shape index (κ2) is 4.39. The van der Waals surface area contributed by atoms with E-state index in [0.29, 0.717) is 6.42 Å². The molecule has 0 spiro atoms. The molecule has 1 saturated heterocycles. The van der Waals surface area contributed by atoms with Gasteiger partial charge in [0.05, 0.1) is 23.4 Å². The zero-order valence-electron chi connectivity index (χ0n) is 8.59. The van der Waals surface area contributed by atoms with Crippen LogP contribution in [0.2, 0.25) is 0 Å². The van der Waals surface area contributed by atoms with Gasteiger partial charge in [-0.2, -0.15) is 0 Å². The van der Waals surface area contributed by atoms with Gasteiger partial charge >= 0.3 is 0 Å². The van der Waals surface area contributed by atoms with Gasteiger partial charge < -0.3 is 5.11 Å². The molecule has 2 atom stereocenters. The molecule has 1 N–H and O–H groups in total. The zero-order chi connectivity index (χ0) is 11.7. The van der Waals surface area contributed by atoms with Crippen molar-refractivity contribution in [1.82, 2.24) is 0 Å². The van der Waals surface area contributed by atoms with Gasteiger partial charge in [-0.1, -0.05) is 0 Å². The molecule has 15 heavy (non-hydrogen) atoms. The van der Waals surface area contributed by atoms with Crippen molar-refractivity contribution in [3.63, 3.8) is 0 Å². The molecule has 7 heteroatoms. The maximum atomic E-state index is 11.1. The lowest BCUT2D eigenvalue weighted by atomic mass is 10.0. The van der Waals surface area contributed by atoms with Crippen molar-refractivity contribution in [2.24, 2.45) is 5.92 Å². The molecule has 90 valence electrons. The van der Waals surface area contributed by atoms with E-state index in [1.807, 2.05) is 0 Å². The van der Waals surface area contributed by atoms with Crippen LogP contribution in [0, 0.1) is 5.92 Å². The van der Waals surface area contributed by atoms with Crippen molar-refractivity contribution in [2.75, 3.05) is 23.5 Å². The summed E-state index contributed by atoms with van der Waals surface area (Å²) in [5.74, 6) is -0.298. The molecule has 5 nitrogen and oxygen atoms in total. The van der Waals surface area contributed by atoms with Crippen LogP contribution >= 0.6 is 0 Å². The van der Waals surface area contributed by atoms with Crippen LogP contribution in [0.5, 0.6) is 0 Å². The standard InChI is InChI=1S/C8H16O5S2/c1-14(10,11)4-3-8(9)7-2-5-15(12,13)6-7/h7-9H,2-6H2,1H3. The highest BCUT2D eigenvalue weighted by Crippen LogP contribution is 2.23. The lowest BCUT2D eigenvalue weighted by molar-refractivity contribution is 0.116. The lowest BCUT2D eigenvalue weighted by Crippen LogP contribution is -2.24. The molecular weight excluding hydrogens is 240 g/mol. The Hall–Kier alpha value is -0.140. The molecule has 0 aromatic heterocycles. The average Bonchev–Trinajstić information content (AvgIpc) is 2.40. The largest absolute Gasteiger partial charge is 0.393 e. The molecule has 1 rings (SSSR count). The molecule has 2 unspecified atom stereocenters. The number of hydrogen-bond acceptors (Lipinski definition) is 5. The summed E-state index contributed by atoms with van der Waals surface area (Å²) in [6, 6.07) is 0. The Morgan fingerprint density at radius 1 is 1.47 bits per heavy atom. The minimum atomic E-state index is -3.09. The highest BCUT2D eigenvalue weighted by molar-refractivity contribution is 7.91. The van der Waals surface area contributed by atoms with Gasteiger partial charge in [0.15, 0.2) is 9.84 Å². The van der Waals surface area contributed by atoms with Crippen LogP contribution in [-0.2, 0) is 19.7 Å². The Bertz CT molecular complexity index is 408. The summed E-state index contributed by atoms with van der Waals surface area (Å²) in [7, 11) is -6.09. The predicted molar refractivity (Wildman–Crippen MR) is 57.1 cm³/mol. The molecular formula is C8H16O5S2. The van der Waals surface area contributed by atoms with Crippen LogP contribution in [0.1, 0.15) is 12.8 Å². The van der Waals surface area contributed by atoms with Gasteiger partial charge in [0.2, 0.25) is 0 Å². The lowest BCUT2D eigenvalue weighted by Gasteiger charge is -2.15. The smallest absolute Gasteiger partial charge is 0.150 e. The van der Waals surface area contributed by atoms with Crippen LogP contribution in [0.15, 0.2) is 0 Å². The number of aliphatic hydroxyl groups excluding tert-OH is 1. The van der Waals surface area contributed by atoms with Crippen LogP contribution < -0.4 is 0 Å². The third-order valence-corrected chi connectivity index (χ3v) is 5.37. The maximum absolute atomic E-state index is 11.1. The number of sulfone groups is 2. The van der Waals surface area contributed by atoms with Gasteiger partial charge in [-0.15, -0.1) is 0 Å². The molecule has 1 heterocycles. The SMILES string of the molecule is CS(=O)(=O)CCC(O)C1CCS(=O)(=O)C1. The fourth-order valence-corrected chi connectivity index (χ4v) is 4.24. The first kappa shape index (κ1) is 12.9. The van der Waals surface area contributed by atoms with E-state index in [1.165, 1.54) is 0 Å². The van der Waals surface area contributed by atoms with Gasteiger partial charge in [-0.05, 0) is 18.8 Å². The van der Waals surface area contributed by atoms with Gasteiger partial charge in [-0.25, -0.2) is 16.8 Å². The first-order valence-electron chi connectivity index (χ1n) is 4.76. The summed E-state index contributed by atoms with van der Waals surface area (Å²) in [6.45, 7) is 0. The van der Waals surface area contributed by atoms with Crippen molar-refractivity contribution >= 4 is 19.7 Å². The second-order valence-electron chi connectivity index (χ2n) is 4.15. The normalized spacial score (nSPS) is 27.7. The second-order valence-corrected chi connectivity index (χ2v) is 8.64. The fraction of sp³-hybridized carbons (Fsp3) is 1.00. The van der Waals surface area contributed by atoms with Crippen LogP contribution in [0.25, 0.3) is 0 Å². The van der Waals surface area contributed by atoms with Crippen molar-refractivity contribution < 1.29 is 21.9 Å². The molecule has 1 aliphatic heterocycles. The summed E-state index contributed by atoms with van der Waals surface area (Å²) >= 11 is 0. The summed E-state index contributed by atoms with van der Waals surface area (Å²) in [4.78, 5) is 0. The van der Waals surface area contributed by atoms with Crippen molar-refractivity contribution in [2.45, 2.75) is 18.9 Å². The van der Waals surface area contributed by atoms with Gasteiger partial charge in [-0.3, -0.25) is 0 Å². The molecule has 0 radical (unpaired) electrons. The Morgan fingerprint density at radius 2 is 2.07 bits per heavy atom. The van der Waals surface area contributed by atoms with Gasteiger partial charge in [0.1, 0.15) is 9.84 Å². The molecule has 0 aromatic carbocycles. The Morgan fingerprint density at radius 3 is 2.47 bits per heavy atom. The van der Waals surface area contributed by atoms with Crippen LogP contribution in [0.4, 0.5) is 0 Å². The van der Waals surface area contributed by atoms with Gasteiger partial charge in [0, 0.05) is 6.26 Å². The number of aliphatic hydroxyl groups is 1. The van der Waals surface area contributed by atoms with E-state index in [9.17, 15) is 21.9 Å². The molecule has 0 amide bonds. The highest BCUT2D eigenvalue weighted by atomic mass is 32.2. The first-order valence-corrected chi connectivity index (χ1v) is 8.64. The van der Waals surface area contributed by atoms with E-state index in [0.717, 1.165) is 6.26 Å². The fourth-order valence-electron chi connectivity index (χ4n) is 1.70. The Labute approximate surface area is 90.3 Å². The van der Waals surface area contributed by atoms with E-state index in [2.05, 4.69) is 0 Å². The average molecular weight is 256 g/mol. The van der Waals surface area contributed by atoms with Crippen molar-refractivity contribution in [3.05, 3.63) is 0 Å². The van der Waals surface area contributed by atoms with Crippen molar-refractivity contribution in [1.29, 1.82) is 0 Å². The summed E-state index contributed by atoms with van der Waals surface area (Å²) in [5, 5.41) is 9.62. The third-order valence-electron chi connectivity index (χ3n) is 2.60. The van der Waals surface area contributed by atoms with E-state index >= 15 is 0 Å². The quantitative estimate of drug-likeness (QED) is 0.712. The number of rotatable bonds is 4. The minimum Gasteiger partial charge on any atom is -0.393 e. The summed E-state index contributed by atoms with van der Waals surface area (Å²) < 4.78 is 43.9. The predicted octanol–water partition coefficient (Wildman–Crippen LogP) is -0.783.